The minimum Gasteiger partial charge on any atom is -0.453 e. The maximum Gasteiger partial charge on any atom is 0.409 e. The second-order valence-electron chi connectivity index (χ2n) is 2.76. The van der Waals surface area contributed by atoms with Crippen molar-refractivity contribution < 1.29 is 9.53 Å². The number of rotatable bonds is 4. The molecular weight excluding hydrogens is 246 g/mol. The Bertz CT molecular complexity index is 271. The van der Waals surface area contributed by atoms with E-state index >= 15 is 0 Å². The summed E-state index contributed by atoms with van der Waals surface area (Å²) in [6.45, 7) is 7.86. The van der Waals surface area contributed by atoms with Crippen LogP contribution in [-0.2, 0) is 4.74 Å². The summed E-state index contributed by atoms with van der Waals surface area (Å²) < 4.78 is 5.30. The van der Waals surface area contributed by atoms with Crippen LogP contribution in [0.3, 0.4) is 0 Å². The molecule has 14 heavy (non-hydrogen) atoms. The van der Waals surface area contributed by atoms with Gasteiger partial charge in [0.05, 0.1) is 7.11 Å². The van der Waals surface area contributed by atoms with Crippen molar-refractivity contribution >= 4 is 22.0 Å². The maximum atomic E-state index is 11.0. The fourth-order valence-electron chi connectivity index (χ4n) is 0.786. The molecular formula is C10H14BrNO2. The van der Waals surface area contributed by atoms with Crippen LogP contribution in [0.4, 0.5) is 4.79 Å². The third kappa shape index (κ3) is 5.59. The van der Waals surface area contributed by atoms with Crippen molar-refractivity contribution in [2.45, 2.75) is 0 Å². The topological polar surface area (TPSA) is 29.5 Å². The number of nitrogens with zero attached hydrogens (tertiary/aromatic N) is 1. The van der Waals surface area contributed by atoms with Crippen molar-refractivity contribution in [2.75, 3.05) is 20.7 Å². The molecule has 1 amide bonds. The van der Waals surface area contributed by atoms with Crippen LogP contribution in [0, 0.1) is 0 Å². The Hall–Kier alpha value is -1.03. The van der Waals surface area contributed by atoms with Crippen molar-refractivity contribution in [1.82, 2.24) is 4.90 Å². The molecule has 78 valence electrons. The Kier molecular flexibility index (Phi) is 5.95. The van der Waals surface area contributed by atoms with Gasteiger partial charge in [0.2, 0.25) is 0 Å². The van der Waals surface area contributed by atoms with Crippen molar-refractivity contribution in [3.8, 4) is 0 Å². The second kappa shape index (κ2) is 6.43. The highest BCUT2D eigenvalue weighted by atomic mass is 79.9. The molecule has 0 aliphatic rings. The average molecular weight is 260 g/mol. The highest BCUT2D eigenvalue weighted by Crippen LogP contribution is 2.05. The van der Waals surface area contributed by atoms with Crippen LogP contribution in [0.25, 0.3) is 0 Å². The molecule has 0 fully saturated rings. The summed E-state index contributed by atoms with van der Waals surface area (Å²) in [5, 5.41) is 0. The molecule has 4 heteroatoms. The number of allylic oxidation sites excluding steroid dienone is 2. The number of halogens is 1. The van der Waals surface area contributed by atoms with Gasteiger partial charge in [-0.05, 0) is 11.6 Å². The van der Waals surface area contributed by atoms with Gasteiger partial charge in [-0.25, -0.2) is 4.79 Å². The molecule has 3 nitrogen and oxygen atoms in total. The van der Waals surface area contributed by atoms with Crippen molar-refractivity contribution in [1.29, 1.82) is 0 Å². The predicted molar refractivity (Wildman–Crippen MR) is 61.4 cm³/mol. The largest absolute Gasteiger partial charge is 0.453 e. The lowest BCUT2D eigenvalue weighted by Crippen LogP contribution is -2.27. The summed E-state index contributed by atoms with van der Waals surface area (Å²) in [5.74, 6) is 0. The van der Waals surface area contributed by atoms with Gasteiger partial charge in [0.25, 0.3) is 0 Å². The van der Waals surface area contributed by atoms with E-state index in [4.69, 9.17) is 0 Å². The molecule has 0 spiro atoms. The molecule has 0 aliphatic carbocycles. The lowest BCUT2D eigenvalue weighted by Gasteiger charge is -2.14. The lowest BCUT2D eigenvalue weighted by atomic mass is 10.2. The van der Waals surface area contributed by atoms with E-state index in [1.807, 2.05) is 0 Å². The minimum absolute atomic E-state index is 0.378. The number of carbonyl (C=O) groups excluding carboxylic acids is 1. The average Bonchev–Trinajstić information content (AvgIpc) is 2.13. The zero-order valence-corrected chi connectivity index (χ0v) is 10.0. The molecule has 0 heterocycles. The Morgan fingerprint density at radius 3 is 2.50 bits per heavy atom. The van der Waals surface area contributed by atoms with Gasteiger partial charge in [0, 0.05) is 18.1 Å². The van der Waals surface area contributed by atoms with Gasteiger partial charge in [-0.3, -0.25) is 0 Å². The van der Waals surface area contributed by atoms with E-state index in [-0.39, 0.29) is 6.09 Å². The van der Waals surface area contributed by atoms with E-state index in [0.29, 0.717) is 6.54 Å². The highest BCUT2D eigenvalue weighted by Gasteiger charge is 2.07. The molecule has 0 aromatic heterocycles. The third-order valence-electron chi connectivity index (χ3n) is 1.43. The smallest absolute Gasteiger partial charge is 0.409 e. The summed E-state index contributed by atoms with van der Waals surface area (Å²) in [4.78, 5) is 12.4. The minimum atomic E-state index is -0.378. The molecule has 0 bridgehead atoms. The van der Waals surface area contributed by atoms with Crippen LogP contribution in [0.5, 0.6) is 0 Å². The summed E-state index contributed by atoms with van der Waals surface area (Å²) in [6, 6.07) is 0. The predicted octanol–water partition coefficient (Wildman–Crippen LogP) is 2.71. The Balaban J connectivity index is 4.07. The fourth-order valence-corrected chi connectivity index (χ4v) is 0.918. The van der Waals surface area contributed by atoms with Gasteiger partial charge in [0.1, 0.15) is 0 Å². The Labute approximate surface area is 92.9 Å². The van der Waals surface area contributed by atoms with E-state index in [1.165, 1.54) is 12.0 Å². The van der Waals surface area contributed by atoms with E-state index < -0.39 is 0 Å². The van der Waals surface area contributed by atoms with Crippen LogP contribution < -0.4 is 0 Å². The molecule has 0 aromatic rings. The normalized spacial score (nSPS) is 9.93. The molecule has 0 rings (SSSR count). The summed E-state index contributed by atoms with van der Waals surface area (Å²) in [7, 11) is 2.99. The lowest BCUT2D eigenvalue weighted by molar-refractivity contribution is 0.137. The first-order chi connectivity index (χ1) is 6.47. The highest BCUT2D eigenvalue weighted by molar-refractivity contribution is 9.11. The number of carbonyl (C=O) groups is 1. The van der Waals surface area contributed by atoms with Gasteiger partial charge in [0.15, 0.2) is 0 Å². The van der Waals surface area contributed by atoms with Crippen molar-refractivity contribution in [3.63, 3.8) is 0 Å². The van der Waals surface area contributed by atoms with Crippen LogP contribution in [0.1, 0.15) is 0 Å². The number of hydrogen-bond acceptors (Lipinski definition) is 2. The number of amides is 1. The maximum absolute atomic E-state index is 11.0. The molecule has 0 aromatic carbocycles. The SMILES string of the molecule is C=C(Br)/C=C\C(=C)CN(C)C(=O)OC. The first-order valence-corrected chi connectivity index (χ1v) is 4.76. The molecule has 0 radical (unpaired) electrons. The molecule has 0 unspecified atom stereocenters. The van der Waals surface area contributed by atoms with Crippen molar-refractivity contribution in [3.05, 3.63) is 35.4 Å². The zero-order chi connectivity index (χ0) is 11.1. The standard InChI is InChI=1S/C10H14BrNO2/c1-8(5-6-9(2)11)7-12(3)10(13)14-4/h5-6H,1-2,7H2,3-4H3/b6-5-. The van der Waals surface area contributed by atoms with Crippen LogP contribution in [-0.4, -0.2) is 31.7 Å². The molecule has 0 saturated heterocycles. The number of hydrogen-bond donors (Lipinski definition) is 0. The second-order valence-corrected chi connectivity index (χ2v) is 3.78. The van der Waals surface area contributed by atoms with Gasteiger partial charge in [-0.15, -0.1) is 0 Å². The summed E-state index contributed by atoms with van der Waals surface area (Å²) in [6.07, 6.45) is 3.18. The first kappa shape index (κ1) is 13.0. The first-order valence-electron chi connectivity index (χ1n) is 3.96. The van der Waals surface area contributed by atoms with Crippen LogP contribution >= 0.6 is 15.9 Å². The molecule has 0 atom stereocenters. The van der Waals surface area contributed by atoms with Gasteiger partial charge in [-0.1, -0.05) is 35.2 Å². The zero-order valence-electron chi connectivity index (χ0n) is 8.42. The summed E-state index contributed by atoms with van der Waals surface area (Å²) in [5.41, 5.74) is 0.804. The number of likely N-dealkylation sites (N-methyl/N-ethyl adjacent to an activating group) is 1. The molecule has 0 N–H and O–H groups in total. The molecule has 0 aliphatic heterocycles. The molecule has 0 saturated carbocycles. The quantitative estimate of drug-likeness (QED) is 0.727. The summed E-state index contributed by atoms with van der Waals surface area (Å²) >= 11 is 3.18. The van der Waals surface area contributed by atoms with Gasteiger partial charge >= 0.3 is 6.09 Å². The fraction of sp³-hybridized carbons (Fsp3) is 0.300. The Morgan fingerprint density at radius 2 is 2.07 bits per heavy atom. The monoisotopic (exact) mass is 259 g/mol. The Morgan fingerprint density at radius 1 is 1.50 bits per heavy atom. The third-order valence-corrected chi connectivity index (χ3v) is 1.69. The van der Waals surface area contributed by atoms with Gasteiger partial charge < -0.3 is 9.64 Å². The van der Waals surface area contributed by atoms with Crippen molar-refractivity contribution in [2.24, 2.45) is 0 Å². The van der Waals surface area contributed by atoms with E-state index in [2.05, 4.69) is 33.8 Å². The van der Waals surface area contributed by atoms with Gasteiger partial charge in [-0.2, -0.15) is 0 Å². The van der Waals surface area contributed by atoms with E-state index in [1.54, 1.807) is 19.2 Å². The van der Waals surface area contributed by atoms with E-state index in [0.717, 1.165) is 10.1 Å². The number of methoxy groups -OCH3 is 1. The van der Waals surface area contributed by atoms with Crippen LogP contribution in [0.2, 0.25) is 0 Å². The van der Waals surface area contributed by atoms with E-state index in [9.17, 15) is 4.79 Å². The van der Waals surface area contributed by atoms with Crippen LogP contribution in [0.15, 0.2) is 35.4 Å². The number of ether oxygens (including phenoxy) is 1.